The van der Waals surface area contributed by atoms with Crippen molar-refractivity contribution < 1.29 is 19.4 Å². The molecule has 2 rings (SSSR count). The Labute approximate surface area is 98.6 Å². The van der Waals surface area contributed by atoms with Gasteiger partial charge >= 0.3 is 5.97 Å². The lowest BCUT2D eigenvalue weighted by atomic mass is 10.1. The quantitative estimate of drug-likeness (QED) is 0.801. The SMILES string of the molecule is CC(=O)N1CCCOc2c(C(=O)O)cccc21. The van der Waals surface area contributed by atoms with E-state index in [-0.39, 0.29) is 17.2 Å². The lowest BCUT2D eigenvalue weighted by Crippen LogP contribution is -2.29. The van der Waals surface area contributed by atoms with E-state index in [1.165, 1.54) is 13.0 Å². The summed E-state index contributed by atoms with van der Waals surface area (Å²) in [5, 5.41) is 9.07. The molecule has 0 fully saturated rings. The van der Waals surface area contributed by atoms with Crippen LogP contribution in [0.1, 0.15) is 23.7 Å². The number of fused-ring (bicyclic) bond motifs is 1. The molecule has 1 aliphatic heterocycles. The van der Waals surface area contributed by atoms with Crippen molar-refractivity contribution in [3.63, 3.8) is 0 Å². The molecule has 0 saturated heterocycles. The molecule has 0 saturated carbocycles. The highest BCUT2D eigenvalue weighted by molar-refractivity contribution is 5.98. The maximum atomic E-state index is 11.5. The van der Waals surface area contributed by atoms with E-state index >= 15 is 0 Å². The molecule has 0 spiro atoms. The van der Waals surface area contributed by atoms with Crippen LogP contribution in [0.15, 0.2) is 18.2 Å². The van der Waals surface area contributed by atoms with Gasteiger partial charge in [0.15, 0.2) is 5.75 Å². The van der Waals surface area contributed by atoms with E-state index in [1.807, 2.05) is 0 Å². The predicted molar refractivity (Wildman–Crippen MR) is 61.5 cm³/mol. The van der Waals surface area contributed by atoms with Crippen molar-refractivity contribution in [3.8, 4) is 5.75 Å². The lowest BCUT2D eigenvalue weighted by molar-refractivity contribution is -0.116. The number of carboxylic acid groups (broad SMARTS) is 1. The number of hydrogen-bond donors (Lipinski definition) is 1. The molecule has 1 N–H and O–H groups in total. The van der Waals surface area contributed by atoms with Gasteiger partial charge < -0.3 is 14.7 Å². The highest BCUT2D eigenvalue weighted by Crippen LogP contribution is 2.34. The number of aromatic carboxylic acids is 1. The number of anilines is 1. The summed E-state index contributed by atoms with van der Waals surface area (Å²) >= 11 is 0. The van der Waals surface area contributed by atoms with Crippen LogP contribution < -0.4 is 9.64 Å². The average molecular weight is 235 g/mol. The molecule has 5 nitrogen and oxygen atoms in total. The van der Waals surface area contributed by atoms with E-state index in [0.717, 1.165) is 0 Å². The zero-order chi connectivity index (χ0) is 12.4. The molecule has 0 bridgehead atoms. The number of carbonyl (C=O) groups excluding carboxylic acids is 1. The second-order valence-corrected chi connectivity index (χ2v) is 3.83. The van der Waals surface area contributed by atoms with Gasteiger partial charge in [0, 0.05) is 13.5 Å². The van der Waals surface area contributed by atoms with Crippen molar-refractivity contribution in [3.05, 3.63) is 23.8 Å². The Hall–Kier alpha value is -2.04. The summed E-state index contributed by atoms with van der Waals surface area (Å²) in [6.07, 6.45) is 0.688. The van der Waals surface area contributed by atoms with E-state index in [2.05, 4.69) is 0 Å². The smallest absolute Gasteiger partial charge is 0.339 e. The zero-order valence-electron chi connectivity index (χ0n) is 9.47. The largest absolute Gasteiger partial charge is 0.490 e. The zero-order valence-corrected chi connectivity index (χ0v) is 9.47. The number of rotatable bonds is 1. The Bertz CT molecular complexity index is 470. The van der Waals surface area contributed by atoms with Crippen LogP contribution in [0.4, 0.5) is 5.69 Å². The second kappa shape index (κ2) is 4.45. The van der Waals surface area contributed by atoms with Crippen molar-refractivity contribution >= 4 is 17.6 Å². The number of benzene rings is 1. The van der Waals surface area contributed by atoms with Crippen molar-refractivity contribution in [1.82, 2.24) is 0 Å². The summed E-state index contributed by atoms with van der Waals surface area (Å²) in [6, 6.07) is 4.80. The summed E-state index contributed by atoms with van der Waals surface area (Å²) < 4.78 is 5.45. The van der Waals surface area contributed by atoms with Gasteiger partial charge in [-0.1, -0.05) is 6.07 Å². The number of carboxylic acids is 1. The Morgan fingerprint density at radius 2 is 2.18 bits per heavy atom. The van der Waals surface area contributed by atoms with E-state index < -0.39 is 5.97 Å². The highest BCUT2D eigenvalue weighted by Gasteiger charge is 2.23. The Morgan fingerprint density at radius 3 is 2.82 bits per heavy atom. The molecule has 1 amide bonds. The molecule has 1 heterocycles. The summed E-state index contributed by atoms with van der Waals surface area (Å²) in [5.41, 5.74) is 0.630. The standard InChI is InChI=1S/C12H13NO4/c1-8(14)13-6-3-7-17-11-9(12(15)16)4-2-5-10(11)13/h2,4-5H,3,6-7H2,1H3,(H,15,16). The number of hydrogen-bond acceptors (Lipinski definition) is 3. The summed E-state index contributed by atoms with van der Waals surface area (Å²) in [6.45, 7) is 2.43. The lowest BCUT2D eigenvalue weighted by Gasteiger charge is -2.20. The first-order chi connectivity index (χ1) is 8.11. The monoisotopic (exact) mass is 235 g/mol. The predicted octanol–water partition coefficient (Wildman–Crippen LogP) is 1.52. The number of nitrogens with zero attached hydrogens (tertiary/aromatic N) is 1. The fraction of sp³-hybridized carbons (Fsp3) is 0.333. The minimum atomic E-state index is -1.05. The third-order valence-corrected chi connectivity index (χ3v) is 2.67. The molecule has 1 aromatic rings. The van der Waals surface area contributed by atoms with Crippen LogP contribution >= 0.6 is 0 Å². The third-order valence-electron chi connectivity index (χ3n) is 2.67. The van der Waals surface area contributed by atoms with Gasteiger partial charge in [0.25, 0.3) is 0 Å². The van der Waals surface area contributed by atoms with Gasteiger partial charge in [0.1, 0.15) is 5.56 Å². The Morgan fingerprint density at radius 1 is 1.41 bits per heavy atom. The maximum Gasteiger partial charge on any atom is 0.339 e. The number of amides is 1. The van der Waals surface area contributed by atoms with Crippen LogP contribution in [0.25, 0.3) is 0 Å². The molecule has 5 heteroatoms. The number of para-hydroxylation sites is 1. The third kappa shape index (κ3) is 2.08. The van der Waals surface area contributed by atoms with Crippen molar-refractivity contribution in [2.24, 2.45) is 0 Å². The molecular weight excluding hydrogens is 222 g/mol. The average Bonchev–Trinajstić information content (AvgIpc) is 2.49. The highest BCUT2D eigenvalue weighted by atomic mass is 16.5. The van der Waals surface area contributed by atoms with Crippen LogP contribution in [-0.4, -0.2) is 30.1 Å². The molecule has 0 aromatic heterocycles. The second-order valence-electron chi connectivity index (χ2n) is 3.83. The van der Waals surface area contributed by atoms with Crippen LogP contribution in [-0.2, 0) is 4.79 Å². The minimum Gasteiger partial charge on any atom is -0.490 e. The van der Waals surface area contributed by atoms with Gasteiger partial charge in [-0.3, -0.25) is 4.79 Å². The minimum absolute atomic E-state index is 0.0932. The summed E-state index contributed by atoms with van der Waals surface area (Å²) in [7, 11) is 0. The Balaban J connectivity index is 2.56. The van der Waals surface area contributed by atoms with Gasteiger partial charge in [0.2, 0.25) is 5.91 Å². The summed E-state index contributed by atoms with van der Waals surface area (Å²) in [5.74, 6) is -0.876. The van der Waals surface area contributed by atoms with E-state index in [1.54, 1.807) is 17.0 Å². The van der Waals surface area contributed by atoms with Gasteiger partial charge in [-0.2, -0.15) is 0 Å². The first-order valence-corrected chi connectivity index (χ1v) is 5.38. The van der Waals surface area contributed by atoms with Gasteiger partial charge in [-0.15, -0.1) is 0 Å². The fourth-order valence-electron chi connectivity index (χ4n) is 1.90. The van der Waals surface area contributed by atoms with Gasteiger partial charge in [-0.05, 0) is 18.6 Å². The van der Waals surface area contributed by atoms with Gasteiger partial charge in [-0.25, -0.2) is 4.79 Å². The molecule has 0 aliphatic carbocycles. The van der Waals surface area contributed by atoms with Crippen molar-refractivity contribution in [2.75, 3.05) is 18.1 Å². The van der Waals surface area contributed by atoms with Gasteiger partial charge in [0.05, 0.1) is 12.3 Å². The van der Waals surface area contributed by atoms with Crippen LogP contribution in [0.2, 0.25) is 0 Å². The molecule has 0 unspecified atom stereocenters. The first-order valence-electron chi connectivity index (χ1n) is 5.38. The number of ether oxygens (including phenoxy) is 1. The molecule has 1 aromatic carbocycles. The number of carbonyl (C=O) groups is 2. The molecule has 0 atom stereocenters. The Kier molecular flexibility index (Phi) is 2.99. The molecule has 1 aliphatic rings. The van der Waals surface area contributed by atoms with Crippen molar-refractivity contribution in [2.45, 2.75) is 13.3 Å². The fourth-order valence-corrected chi connectivity index (χ4v) is 1.90. The van der Waals surface area contributed by atoms with Crippen LogP contribution in [0.3, 0.4) is 0 Å². The first kappa shape index (κ1) is 11.4. The molecular formula is C12H13NO4. The van der Waals surface area contributed by atoms with E-state index in [0.29, 0.717) is 25.3 Å². The normalized spacial score (nSPS) is 14.5. The van der Waals surface area contributed by atoms with E-state index in [9.17, 15) is 9.59 Å². The summed E-state index contributed by atoms with van der Waals surface area (Å²) in [4.78, 5) is 24.1. The van der Waals surface area contributed by atoms with Crippen molar-refractivity contribution in [1.29, 1.82) is 0 Å². The topological polar surface area (TPSA) is 66.8 Å². The maximum absolute atomic E-state index is 11.5. The van der Waals surface area contributed by atoms with Crippen LogP contribution in [0.5, 0.6) is 5.75 Å². The van der Waals surface area contributed by atoms with E-state index in [4.69, 9.17) is 9.84 Å². The van der Waals surface area contributed by atoms with Crippen LogP contribution in [0, 0.1) is 0 Å². The molecule has 17 heavy (non-hydrogen) atoms. The molecule has 0 radical (unpaired) electrons. The molecule has 90 valence electrons.